The monoisotopic (exact) mass is 551 g/mol. The summed E-state index contributed by atoms with van der Waals surface area (Å²) in [5, 5.41) is 5.79. The summed E-state index contributed by atoms with van der Waals surface area (Å²) < 4.78 is 40.1. The van der Waals surface area contributed by atoms with E-state index in [4.69, 9.17) is 0 Å². The van der Waals surface area contributed by atoms with Gasteiger partial charge >= 0.3 is 12.2 Å². The molecule has 4 amide bonds. The second-order valence-corrected chi connectivity index (χ2v) is 9.82. The van der Waals surface area contributed by atoms with E-state index in [1.807, 2.05) is 30.3 Å². The normalized spacial score (nSPS) is 19.9. The van der Waals surface area contributed by atoms with E-state index in [-0.39, 0.29) is 32.1 Å². The van der Waals surface area contributed by atoms with E-state index >= 15 is 0 Å². The summed E-state index contributed by atoms with van der Waals surface area (Å²) in [4.78, 5) is 43.6. The molecule has 1 N–H and O–H groups in total. The largest absolute Gasteiger partial charge is 0.416 e. The standard InChI is InChI=1S/C29H28F3N5O3/c1-34-19-25(38)36-24(37(34)28(40)33-16-20-9-4-2-5-10-20)18-35(27(39)26(36)22-12-6-3-7-13-22)17-21-11-8-14-23(15-21)29(30,31)32/h2-15,24,26H,16-19H2,1H3,(H,33,40)/t24?,26-/m0/s1. The van der Waals surface area contributed by atoms with Crippen LogP contribution in [0.1, 0.15) is 28.3 Å². The minimum Gasteiger partial charge on any atom is -0.333 e. The van der Waals surface area contributed by atoms with E-state index in [0.29, 0.717) is 11.1 Å². The molecule has 2 heterocycles. The molecule has 2 atom stereocenters. The number of hydrogen-bond acceptors (Lipinski definition) is 4. The molecule has 3 aromatic rings. The number of alkyl halides is 3. The molecule has 0 saturated carbocycles. The molecule has 0 bridgehead atoms. The minimum atomic E-state index is -4.53. The molecule has 0 aromatic heterocycles. The highest BCUT2D eigenvalue weighted by molar-refractivity contribution is 5.92. The number of benzene rings is 3. The van der Waals surface area contributed by atoms with Crippen molar-refractivity contribution in [2.24, 2.45) is 0 Å². The summed E-state index contributed by atoms with van der Waals surface area (Å²) in [5.74, 6) is -0.761. The van der Waals surface area contributed by atoms with Crippen LogP contribution in [0.4, 0.5) is 18.0 Å². The van der Waals surface area contributed by atoms with Gasteiger partial charge in [0.25, 0.3) is 5.91 Å². The average molecular weight is 552 g/mol. The highest BCUT2D eigenvalue weighted by Crippen LogP contribution is 2.36. The smallest absolute Gasteiger partial charge is 0.333 e. The Labute approximate surface area is 229 Å². The first kappa shape index (κ1) is 27.2. The number of likely N-dealkylation sites (N-methyl/N-ethyl adjacent to an activating group) is 1. The molecule has 2 aliphatic heterocycles. The maximum absolute atomic E-state index is 13.9. The zero-order valence-corrected chi connectivity index (χ0v) is 21.7. The van der Waals surface area contributed by atoms with Crippen LogP contribution in [0.2, 0.25) is 0 Å². The third-order valence-electron chi connectivity index (χ3n) is 7.07. The summed E-state index contributed by atoms with van der Waals surface area (Å²) in [5.41, 5.74) is 0.911. The maximum atomic E-state index is 13.9. The molecule has 2 aliphatic rings. The summed E-state index contributed by atoms with van der Waals surface area (Å²) in [6, 6.07) is 21.3. The van der Waals surface area contributed by atoms with Crippen LogP contribution in [0, 0.1) is 0 Å². The summed E-state index contributed by atoms with van der Waals surface area (Å²) in [7, 11) is 1.61. The number of nitrogens with one attached hydrogen (secondary N) is 1. The number of nitrogens with zero attached hydrogens (tertiary/aromatic N) is 4. The van der Waals surface area contributed by atoms with Gasteiger partial charge in [-0.15, -0.1) is 0 Å². The van der Waals surface area contributed by atoms with Gasteiger partial charge in [0.05, 0.1) is 18.7 Å². The van der Waals surface area contributed by atoms with Crippen molar-refractivity contribution >= 4 is 17.8 Å². The van der Waals surface area contributed by atoms with Gasteiger partial charge < -0.3 is 15.1 Å². The molecule has 2 fully saturated rings. The lowest BCUT2D eigenvalue weighted by Crippen LogP contribution is -2.73. The van der Waals surface area contributed by atoms with Gasteiger partial charge in [0.15, 0.2) is 0 Å². The number of carbonyl (C=O) groups excluding carboxylic acids is 3. The Balaban J connectivity index is 1.48. The quantitative estimate of drug-likeness (QED) is 0.520. The van der Waals surface area contributed by atoms with Gasteiger partial charge in [-0.05, 0) is 28.8 Å². The van der Waals surface area contributed by atoms with Gasteiger partial charge in [-0.2, -0.15) is 13.2 Å². The van der Waals surface area contributed by atoms with Gasteiger partial charge in [-0.1, -0.05) is 72.8 Å². The van der Waals surface area contributed by atoms with Gasteiger partial charge in [0.1, 0.15) is 12.2 Å². The van der Waals surface area contributed by atoms with Crippen LogP contribution in [0.5, 0.6) is 0 Å². The summed E-state index contributed by atoms with van der Waals surface area (Å²) in [6.45, 7) is -0.0692. The number of hydrogen-bond donors (Lipinski definition) is 1. The molecule has 40 heavy (non-hydrogen) atoms. The predicted molar refractivity (Wildman–Crippen MR) is 140 cm³/mol. The van der Waals surface area contributed by atoms with Crippen molar-refractivity contribution < 1.29 is 27.6 Å². The first-order chi connectivity index (χ1) is 19.1. The number of hydrazine groups is 1. The minimum absolute atomic E-state index is 0.0761. The van der Waals surface area contributed by atoms with E-state index in [1.54, 1.807) is 37.4 Å². The molecule has 0 aliphatic carbocycles. The second kappa shape index (κ2) is 11.0. The fourth-order valence-electron chi connectivity index (χ4n) is 5.22. The van der Waals surface area contributed by atoms with Crippen LogP contribution in [-0.2, 0) is 28.9 Å². The topological polar surface area (TPSA) is 76.2 Å². The van der Waals surface area contributed by atoms with E-state index in [0.717, 1.165) is 17.7 Å². The van der Waals surface area contributed by atoms with E-state index in [2.05, 4.69) is 5.32 Å². The highest BCUT2D eigenvalue weighted by Gasteiger charge is 2.51. The number of rotatable bonds is 5. The zero-order chi connectivity index (χ0) is 28.4. The maximum Gasteiger partial charge on any atom is 0.416 e. The van der Waals surface area contributed by atoms with E-state index in [9.17, 15) is 27.6 Å². The molecule has 8 nitrogen and oxygen atoms in total. The third-order valence-corrected chi connectivity index (χ3v) is 7.07. The van der Waals surface area contributed by atoms with Crippen molar-refractivity contribution in [3.8, 4) is 0 Å². The first-order valence-electron chi connectivity index (χ1n) is 12.8. The van der Waals surface area contributed by atoms with Crippen LogP contribution in [0.15, 0.2) is 84.9 Å². The molecule has 2 saturated heterocycles. The lowest BCUT2D eigenvalue weighted by atomic mass is 9.98. The van der Waals surface area contributed by atoms with Crippen molar-refractivity contribution in [3.05, 3.63) is 107 Å². The van der Waals surface area contributed by atoms with Crippen LogP contribution in [0.25, 0.3) is 0 Å². The van der Waals surface area contributed by atoms with Gasteiger partial charge in [-0.3, -0.25) is 9.59 Å². The van der Waals surface area contributed by atoms with Gasteiger partial charge in [0.2, 0.25) is 5.91 Å². The molecule has 5 rings (SSSR count). The molecule has 0 radical (unpaired) electrons. The SMILES string of the molecule is CN1CC(=O)N2C(CN(Cc3cccc(C(F)(F)F)c3)C(=O)[C@@H]2c2ccccc2)N1C(=O)NCc1ccccc1. The van der Waals surface area contributed by atoms with Gasteiger partial charge in [0, 0.05) is 20.1 Å². The predicted octanol–water partition coefficient (Wildman–Crippen LogP) is 4.02. The fraction of sp³-hybridized carbons (Fsp3) is 0.276. The molecule has 3 aromatic carbocycles. The molecular formula is C29H28F3N5O3. The number of urea groups is 1. The van der Waals surface area contributed by atoms with Gasteiger partial charge in [-0.25, -0.2) is 14.8 Å². The fourth-order valence-corrected chi connectivity index (χ4v) is 5.22. The Morgan fingerprint density at radius 2 is 1.57 bits per heavy atom. The lowest BCUT2D eigenvalue weighted by molar-refractivity contribution is -0.188. The van der Waals surface area contributed by atoms with Crippen molar-refractivity contribution in [2.75, 3.05) is 20.1 Å². The Kier molecular flexibility index (Phi) is 7.49. The molecule has 208 valence electrons. The van der Waals surface area contributed by atoms with Crippen LogP contribution in [0.3, 0.4) is 0 Å². The van der Waals surface area contributed by atoms with E-state index < -0.39 is 35.9 Å². The van der Waals surface area contributed by atoms with Crippen LogP contribution < -0.4 is 5.32 Å². The van der Waals surface area contributed by atoms with Crippen molar-refractivity contribution in [2.45, 2.75) is 31.5 Å². The Bertz CT molecular complexity index is 1390. The second-order valence-electron chi connectivity index (χ2n) is 9.82. The third kappa shape index (κ3) is 5.50. The number of amides is 4. The number of carbonyl (C=O) groups is 3. The lowest BCUT2D eigenvalue weighted by Gasteiger charge is -2.54. The number of piperazine rings is 1. The summed E-state index contributed by atoms with van der Waals surface area (Å²) in [6.07, 6.45) is -5.41. The van der Waals surface area contributed by atoms with Crippen LogP contribution >= 0.6 is 0 Å². The summed E-state index contributed by atoms with van der Waals surface area (Å²) >= 11 is 0. The number of halogens is 3. The average Bonchev–Trinajstić information content (AvgIpc) is 2.93. The van der Waals surface area contributed by atoms with Crippen LogP contribution in [-0.4, -0.2) is 64.0 Å². The molecule has 11 heteroatoms. The van der Waals surface area contributed by atoms with Crippen molar-refractivity contribution in [1.29, 1.82) is 0 Å². The zero-order valence-electron chi connectivity index (χ0n) is 21.7. The Morgan fingerprint density at radius 3 is 2.25 bits per heavy atom. The number of fused-ring (bicyclic) bond motifs is 1. The van der Waals surface area contributed by atoms with E-state index in [1.165, 1.54) is 32.0 Å². The highest BCUT2D eigenvalue weighted by atomic mass is 19.4. The first-order valence-corrected chi connectivity index (χ1v) is 12.8. The molecule has 0 spiro atoms. The van der Waals surface area contributed by atoms with Crippen molar-refractivity contribution in [1.82, 2.24) is 25.1 Å². The molecular weight excluding hydrogens is 523 g/mol. The Hall–Kier alpha value is -4.38. The molecule has 1 unspecified atom stereocenters. The Morgan fingerprint density at radius 1 is 0.925 bits per heavy atom. The van der Waals surface area contributed by atoms with Crippen molar-refractivity contribution in [3.63, 3.8) is 0 Å².